The molecule has 0 aliphatic carbocycles. The number of aryl methyl sites for hydroxylation is 1. The molecule has 3 rings (SSSR count). The molecule has 1 aromatic carbocycles. The van der Waals surface area contributed by atoms with Crippen LogP contribution in [0, 0.1) is 4.77 Å². The molecule has 2 aromatic heterocycles. The first-order chi connectivity index (χ1) is 10.2. The number of rotatable bonds is 4. The Labute approximate surface area is 133 Å². The molecule has 108 valence electrons. The summed E-state index contributed by atoms with van der Waals surface area (Å²) < 4.78 is 2.75. The van der Waals surface area contributed by atoms with E-state index in [0.717, 1.165) is 17.8 Å². The molecule has 3 nitrogen and oxygen atoms in total. The van der Waals surface area contributed by atoms with Gasteiger partial charge in [-0.3, -0.25) is 9.67 Å². The standard InChI is InChI=1S/C16H17N3S2/c1-3-14-9-13(10-21-14)15-17-18-16(20)19(15)11(2)12-7-5-4-6-8-12/h4-11H,3H2,1-2H3,(H,18,20)/t11-/m0/s1. The van der Waals surface area contributed by atoms with Crippen LogP contribution >= 0.6 is 23.6 Å². The van der Waals surface area contributed by atoms with E-state index in [4.69, 9.17) is 12.2 Å². The highest BCUT2D eigenvalue weighted by atomic mass is 32.1. The van der Waals surface area contributed by atoms with Crippen LogP contribution in [0.4, 0.5) is 0 Å². The first kappa shape index (κ1) is 14.2. The number of nitrogens with one attached hydrogen (secondary N) is 1. The number of benzene rings is 1. The van der Waals surface area contributed by atoms with Crippen LogP contribution < -0.4 is 0 Å². The summed E-state index contributed by atoms with van der Waals surface area (Å²) in [5.41, 5.74) is 2.36. The SMILES string of the molecule is CCc1cc(-c2n[nH]c(=S)n2[C@@H](C)c2ccccc2)cs1. The minimum atomic E-state index is 0.150. The van der Waals surface area contributed by atoms with Crippen molar-refractivity contribution < 1.29 is 0 Å². The molecule has 0 amide bonds. The van der Waals surface area contributed by atoms with E-state index in [9.17, 15) is 0 Å². The van der Waals surface area contributed by atoms with Crippen molar-refractivity contribution in [2.45, 2.75) is 26.3 Å². The average molecular weight is 315 g/mol. The number of thiophene rings is 1. The summed E-state index contributed by atoms with van der Waals surface area (Å²) >= 11 is 7.20. The number of nitrogens with zero attached hydrogens (tertiary/aromatic N) is 2. The Balaban J connectivity index is 2.07. The fraction of sp³-hybridized carbons (Fsp3) is 0.250. The van der Waals surface area contributed by atoms with Crippen molar-refractivity contribution in [3.63, 3.8) is 0 Å². The molecule has 0 spiro atoms. The molecule has 1 N–H and O–H groups in total. The van der Waals surface area contributed by atoms with Crippen molar-refractivity contribution in [2.75, 3.05) is 0 Å². The van der Waals surface area contributed by atoms with E-state index in [1.165, 1.54) is 10.4 Å². The van der Waals surface area contributed by atoms with Gasteiger partial charge in [0.05, 0.1) is 6.04 Å². The van der Waals surface area contributed by atoms with Gasteiger partial charge in [0.15, 0.2) is 10.6 Å². The van der Waals surface area contributed by atoms with Crippen LogP contribution in [-0.4, -0.2) is 14.8 Å². The minimum absolute atomic E-state index is 0.150. The quantitative estimate of drug-likeness (QED) is 0.699. The summed E-state index contributed by atoms with van der Waals surface area (Å²) in [6, 6.07) is 12.7. The normalized spacial score (nSPS) is 12.5. The van der Waals surface area contributed by atoms with Gasteiger partial charge in [0.25, 0.3) is 0 Å². The molecule has 0 unspecified atom stereocenters. The second kappa shape index (κ2) is 5.95. The molecule has 0 aliphatic rings. The first-order valence-electron chi connectivity index (χ1n) is 7.00. The van der Waals surface area contributed by atoms with Crippen molar-refractivity contribution >= 4 is 23.6 Å². The number of aromatic nitrogens is 3. The lowest BCUT2D eigenvalue weighted by molar-refractivity contribution is 0.635. The summed E-state index contributed by atoms with van der Waals surface area (Å²) in [6.07, 6.45) is 1.05. The third kappa shape index (κ3) is 2.71. The van der Waals surface area contributed by atoms with Crippen LogP contribution in [0.25, 0.3) is 11.4 Å². The maximum atomic E-state index is 5.43. The van der Waals surface area contributed by atoms with E-state index in [1.54, 1.807) is 11.3 Å². The van der Waals surface area contributed by atoms with Crippen molar-refractivity contribution in [1.82, 2.24) is 14.8 Å². The predicted octanol–water partition coefficient (Wildman–Crippen LogP) is 4.84. The molecular formula is C16H17N3S2. The third-order valence-electron chi connectivity index (χ3n) is 3.63. The van der Waals surface area contributed by atoms with Crippen LogP contribution in [-0.2, 0) is 6.42 Å². The molecule has 3 aromatic rings. The zero-order valence-electron chi connectivity index (χ0n) is 12.0. The second-order valence-corrected chi connectivity index (χ2v) is 6.35. The molecule has 0 saturated carbocycles. The maximum absolute atomic E-state index is 5.43. The maximum Gasteiger partial charge on any atom is 0.196 e. The summed E-state index contributed by atoms with van der Waals surface area (Å²) in [5, 5.41) is 9.52. The lowest BCUT2D eigenvalue weighted by Gasteiger charge is -2.15. The van der Waals surface area contributed by atoms with Gasteiger partial charge in [-0.2, -0.15) is 5.10 Å². The first-order valence-corrected chi connectivity index (χ1v) is 8.29. The molecule has 0 bridgehead atoms. The molecule has 0 aliphatic heterocycles. The predicted molar refractivity (Wildman–Crippen MR) is 90.4 cm³/mol. The van der Waals surface area contributed by atoms with Crippen molar-refractivity contribution in [1.29, 1.82) is 0 Å². The van der Waals surface area contributed by atoms with Crippen LogP contribution in [0.5, 0.6) is 0 Å². The zero-order chi connectivity index (χ0) is 14.8. The van der Waals surface area contributed by atoms with Gasteiger partial charge >= 0.3 is 0 Å². The van der Waals surface area contributed by atoms with Crippen molar-refractivity contribution in [3.8, 4) is 11.4 Å². The Morgan fingerprint density at radius 1 is 1.33 bits per heavy atom. The largest absolute Gasteiger partial charge is 0.293 e. The molecule has 2 heterocycles. The Morgan fingerprint density at radius 2 is 2.10 bits per heavy atom. The monoisotopic (exact) mass is 315 g/mol. The summed E-state index contributed by atoms with van der Waals surface area (Å²) in [6.45, 7) is 4.32. The molecular weight excluding hydrogens is 298 g/mol. The number of H-pyrrole nitrogens is 1. The Hall–Kier alpha value is -1.72. The van der Waals surface area contributed by atoms with Gasteiger partial charge in [-0.15, -0.1) is 11.3 Å². The number of hydrogen-bond acceptors (Lipinski definition) is 3. The van der Waals surface area contributed by atoms with Crippen molar-refractivity contribution in [3.05, 3.63) is 57.0 Å². The summed E-state index contributed by atoms with van der Waals surface area (Å²) in [5.74, 6) is 0.910. The highest BCUT2D eigenvalue weighted by Crippen LogP contribution is 2.28. The van der Waals surface area contributed by atoms with Gasteiger partial charge in [-0.1, -0.05) is 37.3 Å². The molecule has 0 radical (unpaired) electrons. The van der Waals surface area contributed by atoms with Gasteiger partial charge in [0.2, 0.25) is 0 Å². The topological polar surface area (TPSA) is 33.6 Å². The molecule has 21 heavy (non-hydrogen) atoms. The fourth-order valence-corrected chi connectivity index (χ4v) is 3.54. The van der Waals surface area contributed by atoms with Gasteiger partial charge in [0, 0.05) is 15.8 Å². The lowest BCUT2D eigenvalue weighted by Crippen LogP contribution is -2.08. The van der Waals surface area contributed by atoms with Crippen molar-refractivity contribution in [2.24, 2.45) is 0 Å². The number of hydrogen-bond donors (Lipinski definition) is 1. The Morgan fingerprint density at radius 3 is 2.76 bits per heavy atom. The van der Waals surface area contributed by atoms with Gasteiger partial charge < -0.3 is 0 Å². The molecule has 0 saturated heterocycles. The van der Waals surface area contributed by atoms with E-state index in [2.05, 4.69) is 64.3 Å². The van der Waals surface area contributed by atoms with E-state index < -0.39 is 0 Å². The minimum Gasteiger partial charge on any atom is -0.293 e. The molecule has 1 atom stereocenters. The van der Waals surface area contributed by atoms with Gasteiger partial charge in [-0.25, -0.2) is 0 Å². The van der Waals surface area contributed by atoms with Gasteiger partial charge in [0.1, 0.15) is 0 Å². The fourth-order valence-electron chi connectivity index (χ4n) is 2.43. The zero-order valence-corrected chi connectivity index (χ0v) is 13.7. The third-order valence-corrected chi connectivity index (χ3v) is 5.00. The van der Waals surface area contributed by atoms with E-state index >= 15 is 0 Å². The molecule has 5 heteroatoms. The molecule has 0 fully saturated rings. The summed E-state index contributed by atoms with van der Waals surface area (Å²) in [7, 11) is 0. The Bertz CT molecular complexity index is 783. The average Bonchev–Trinajstić information content (AvgIpc) is 3.13. The number of aromatic amines is 1. The Kier molecular flexibility index (Phi) is 4.03. The van der Waals surface area contributed by atoms with E-state index in [0.29, 0.717) is 4.77 Å². The lowest BCUT2D eigenvalue weighted by atomic mass is 10.1. The van der Waals surface area contributed by atoms with Crippen LogP contribution in [0.3, 0.4) is 0 Å². The van der Waals surface area contributed by atoms with Gasteiger partial charge in [-0.05, 0) is 37.2 Å². The highest BCUT2D eigenvalue weighted by molar-refractivity contribution is 7.71. The highest BCUT2D eigenvalue weighted by Gasteiger charge is 2.16. The van der Waals surface area contributed by atoms with E-state index in [1.807, 2.05) is 6.07 Å². The summed E-state index contributed by atoms with van der Waals surface area (Å²) in [4.78, 5) is 1.36. The van der Waals surface area contributed by atoms with Crippen LogP contribution in [0.15, 0.2) is 41.8 Å². The van der Waals surface area contributed by atoms with E-state index in [-0.39, 0.29) is 6.04 Å². The van der Waals surface area contributed by atoms with Crippen LogP contribution in [0.1, 0.15) is 30.3 Å². The van der Waals surface area contributed by atoms with Crippen LogP contribution in [0.2, 0.25) is 0 Å². The smallest absolute Gasteiger partial charge is 0.196 e. The second-order valence-electron chi connectivity index (χ2n) is 4.96.